The van der Waals surface area contributed by atoms with Gasteiger partial charge in [0, 0.05) is 38.7 Å². The zero-order valence-corrected chi connectivity index (χ0v) is 13.3. The van der Waals surface area contributed by atoms with Crippen molar-refractivity contribution in [3.8, 4) is 11.8 Å². The molecular weight excluding hydrogens is 342 g/mol. The Kier molecular flexibility index (Phi) is 5.93. The highest BCUT2D eigenvalue weighted by Crippen LogP contribution is 2.29. The molecule has 2 aromatic heterocycles. The van der Waals surface area contributed by atoms with E-state index in [-0.39, 0.29) is 6.61 Å². The maximum atomic E-state index is 8.67. The van der Waals surface area contributed by atoms with Crippen molar-refractivity contribution in [1.82, 2.24) is 4.98 Å². The van der Waals surface area contributed by atoms with Gasteiger partial charge in [-0.25, -0.2) is 4.98 Å². The molecule has 2 aromatic rings. The second-order valence-electron chi connectivity index (χ2n) is 3.66. The molecule has 0 amide bonds. The number of aliphatic hydroxyl groups is 1. The van der Waals surface area contributed by atoms with Crippen LogP contribution in [0.4, 0.5) is 0 Å². The van der Waals surface area contributed by atoms with Crippen LogP contribution in [0.25, 0.3) is 0 Å². The molecule has 2 heterocycles. The van der Waals surface area contributed by atoms with Crippen molar-refractivity contribution in [2.24, 2.45) is 0 Å². The summed E-state index contributed by atoms with van der Waals surface area (Å²) < 4.78 is 1.03. The number of pyridine rings is 1. The first kappa shape index (κ1) is 14.6. The van der Waals surface area contributed by atoms with Crippen molar-refractivity contribution in [3.63, 3.8) is 0 Å². The molecule has 98 valence electrons. The van der Waals surface area contributed by atoms with E-state index in [1.54, 1.807) is 29.3 Å². The Hall–Kier alpha value is -0.800. The van der Waals surface area contributed by atoms with E-state index in [0.717, 1.165) is 20.8 Å². The van der Waals surface area contributed by atoms with E-state index in [1.165, 1.54) is 4.88 Å². The number of halogens is 1. The van der Waals surface area contributed by atoms with Gasteiger partial charge in [-0.05, 0) is 34.1 Å². The van der Waals surface area contributed by atoms with Gasteiger partial charge in [-0.3, -0.25) is 0 Å². The van der Waals surface area contributed by atoms with Crippen LogP contribution in [0.2, 0.25) is 0 Å². The topological polar surface area (TPSA) is 33.1 Å². The molecule has 2 nitrogen and oxygen atoms in total. The monoisotopic (exact) mass is 353 g/mol. The molecule has 0 unspecified atom stereocenters. The summed E-state index contributed by atoms with van der Waals surface area (Å²) in [6.45, 7) is 0.119. The van der Waals surface area contributed by atoms with Crippen LogP contribution in [0.15, 0.2) is 39.3 Å². The third-order valence-electron chi connectivity index (χ3n) is 2.20. The number of hydrogen-bond donors (Lipinski definition) is 1. The Morgan fingerprint density at radius 2 is 2.37 bits per heavy atom. The summed E-state index contributed by atoms with van der Waals surface area (Å²) in [5.74, 6) is 6.86. The van der Waals surface area contributed by atoms with Crippen LogP contribution in [0.5, 0.6) is 0 Å². The van der Waals surface area contributed by atoms with Gasteiger partial charge in [0.15, 0.2) is 0 Å². The first-order valence-corrected chi connectivity index (χ1v) is 8.36. The van der Waals surface area contributed by atoms with Crippen LogP contribution in [-0.2, 0) is 5.75 Å². The lowest BCUT2D eigenvalue weighted by atomic mass is 10.3. The minimum Gasteiger partial charge on any atom is -0.395 e. The highest BCUT2D eigenvalue weighted by molar-refractivity contribution is 9.10. The van der Waals surface area contributed by atoms with Gasteiger partial charge in [-0.15, -0.1) is 11.3 Å². The number of hydrogen-bond acceptors (Lipinski definition) is 4. The molecule has 0 radical (unpaired) electrons. The molecule has 0 spiro atoms. The number of thiophene rings is 1. The standard InChI is InChI=1S/C14H12BrNOS2/c15-13-5-3-6-16-14(13)19-10-12-8-11(9-18-12)4-1-2-7-17/h3,5-6,8-9,17H,2,7,10H2. The van der Waals surface area contributed by atoms with E-state index in [0.29, 0.717) is 6.42 Å². The van der Waals surface area contributed by atoms with Gasteiger partial charge in [0.05, 0.1) is 6.61 Å². The minimum atomic E-state index is 0.119. The summed E-state index contributed by atoms with van der Waals surface area (Å²) >= 11 is 6.90. The Labute approximate surface area is 129 Å². The second kappa shape index (κ2) is 7.71. The fraction of sp³-hybridized carbons (Fsp3) is 0.214. The van der Waals surface area contributed by atoms with Gasteiger partial charge >= 0.3 is 0 Å². The highest BCUT2D eigenvalue weighted by atomic mass is 79.9. The molecule has 0 aromatic carbocycles. The summed E-state index contributed by atoms with van der Waals surface area (Å²) in [6, 6.07) is 6.00. The molecule has 1 N–H and O–H groups in total. The SMILES string of the molecule is OCCC#Cc1csc(CSc2ncccc2Br)c1. The number of nitrogens with zero attached hydrogens (tertiary/aromatic N) is 1. The summed E-state index contributed by atoms with van der Waals surface area (Å²) in [5, 5.41) is 11.7. The van der Waals surface area contributed by atoms with Gasteiger partial charge < -0.3 is 5.11 Å². The third-order valence-corrected chi connectivity index (χ3v) is 5.28. The van der Waals surface area contributed by atoms with Crippen molar-refractivity contribution in [1.29, 1.82) is 0 Å². The molecule has 0 fully saturated rings. The normalized spacial score (nSPS) is 10.0. The quantitative estimate of drug-likeness (QED) is 0.667. The molecule has 0 saturated heterocycles. The smallest absolute Gasteiger partial charge is 0.111 e. The molecule has 2 rings (SSSR count). The summed E-state index contributed by atoms with van der Waals surface area (Å²) in [6.07, 6.45) is 2.33. The van der Waals surface area contributed by atoms with Crippen LogP contribution in [0, 0.1) is 11.8 Å². The van der Waals surface area contributed by atoms with E-state index >= 15 is 0 Å². The number of aliphatic hydroxyl groups excluding tert-OH is 1. The summed E-state index contributed by atoms with van der Waals surface area (Å²) in [5.41, 5.74) is 1.02. The van der Waals surface area contributed by atoms with E-state index in [9.17, 15) is 0 Å². The van der Waals surface area contributed by atoms with E-state index in [4.69, 9.17) is 5.11 Å². The predicted octanol–water partition coefficient (Wildman–Crippen LogP) is 3.93. The highest BCUT2D eigenvalue weighted by Gasteiger charge is 2.03. The van der Waals surface area contributed by atoms with Crippen LogP contribution in [0.1, 0.15) is 16.9 Å². The fourth-order valence-electron chi connectivity index (χ4n) is 1.36. The van der Waals surface area contributed by atoms with E-state index < -0.39 is 0 Å². The van der Waals surface area contributed by atoms with Crippen LogP contribution in [-0.4, -0.2) is 16.7 Å². The summed E-state index contributed by atoms with van der Waals surface area (Å²) in [7, 11) is 0. The maximum absolute atomic E-state index is 8.67. The van der Waals surface area contributed by atoms with E-state index in [2.05, 4.69) is 38.8 Å². The van der Waals surface area contributed by atoms with Crippen molar-refractivity contribution in [2.45, 2.75) is 17.2 Å². The zero-order valence-electron chi connectivity index (χ0n) is 10.1. The molecule has 0 atom stereocenters. The first-order valence-electron chi connectivity index (χ1n) is 5.70. The largest absolute Gasteiger partial charge is 0.395 e. The molecule has 19 heavy (non-hydrogen) atoms. The summed E-state index contributed by atoms with van der Waals surface area (Å²) in [4.78, 5) is 5.60. The second-order valence-corrected chi connectivity index (χ2v) is 6.47. The molecule has 0 aliphatic rings. The van der Waals surface area contributed by atoms with Gasteiger partial charge in [0.2, 0.25) is 0 Å². The number of rotatable bonds is 4. The Morgan fingerprint density at radius 1 is 1.47 bits per heavy atom. The molecular formula is C14H12BrNOS2. The minimum absolute atomic E-state index is 0.119. The Bertz CT molecular complexity index is 601. The molecule has 5 heteroatoms. The molecule has 0 aliphatic heterocycles. The average Bonchev–Trinajstić information content (AvgIpc) is 2.86. The molecule has 0 aliphatic carbocycles. The number of thioether (sulfide) groups is 1. The first-order chi connectivity index (χ1) is 9.29. The van der Waals surface area contributed by atoms with Gasteiger partial charge in [0.25, 0.3) is 0 Å². The van der Waals surface area contributed by atoms with Crippen molar-refractivity contribution in [2.75, 3.05) is 6.61 Å². The van der Waals surface area contributed by atoms with E-state index in [1.807, 2.05) is 17.5 Å². The lowest BCUT2D eigenvalue weighted by Gasteiger charge is -2.00. The van der Waals surface area contributed by atoms with Crippen LogP contribution in [0.3, 0.4) is 0 Å². The van der Waals surface area contributed by atoms with Crippen LogP contribution >= 0.6 is 39.0 Å². The lowest BCUT2D eigenvalue weighted by molar-refractivity contribution is 0.305. The van der Waals surface area contributed by atoms with Crippen LogP contribution < -0.4 is 0 Å². The van der Waals surface area contributed by atoms with Gasteiger partial charge in [-0.1, -0.05) is 23.6 Å². The van der Waals surface area contributed by atoms with Gasteiger partial charge in [0.1, 0.15) is 5.03 Å². The van der Waals surface area contributed by atoms with Crippen molar-refractivity contribution >= 4 is 39.0 Å². The fourth-order valence-corrected chi connectivity index (χ4v) is 3.71. The maximum Gasteiger partial charge on any atom is 0.111 e. The molecule has 0 bridgehead atoms. The lowest BCUT2D eigenvalue weighted by Crippen LogP contribution is -1.81. The average molecular weight is 354 g/mol. The van der Waals surface area contributed by atoms with Gasteiger partial charge in [-0.2, -0.15) is 0 Å². The predicted molar refractivity (Wildman–Crippen MR) is 84.4 cm³/mol. The van der Waals surface area contributed by atoms with Crippen molar-refractivity contribution in [3.05, 3.63) is 44.7 Å². The third kappa shape index (κ3) is 4.66. The Morgan fingerprint density at radius 3 is 3.16 bits per heavy atom. The molecule has 0 saturated carbocycles. The zero-order chi connectivity index (χ0) is 13.5. The van der Waals surface area contributed by atoms with Crippen molar-refractivity contribution < 1.29 is 5.11 Å². The number of aromatic nitrogens is 1. The Balaban J connectivity index is 1.94.